The first-order valence-electron chi connectivity index (χ1n) is 19.5. The van der Waals surface area contributed by atoms with Gasteiger partial charge in [-0.15, -0.1) is 0 Å². The van der Waals surface area contributed by atoms with Crippen molar-refractivity contribution in [2.24, 2.45) is 11.8 Å². The van der Waals surface area contributed by atoms with Crippen LogP contribution in [0, 0.1) is 17.7 Å². The van der Waals surface area contributed by atoms with Gasteiger partial charge in [-0.05, 0) is 81.2 Å². The summed E-state index contributed by atoms with van der Waals surface area (Å²) in [5, 5.41) is 7.80. The second-order valence-corrected chi connectivity index (χ2v) is 14.7. The zero-order valence-corrected chi connectivity index (χ0v) is 32.2. The molecule has 6 atom stereocenters. The van der Waals surface area contributed by atoms with E-state index in [1.54, 1.807) is 11.8 Å². The van der Waals surface area contributed by atoms with Gasteiger partial charge in [0.1, 0.15) is 18.5 Å². The minimum Gasteiger partial charge on any atom is -0.491 e. The Hall–Kier alpha value is -4.83. The number of allylic oxidation sites excluding steroid dienone is 1. The maximum Gasteiger partial charge on any atom is 0.412 e. The van der Waals surface area contributed by atoms with E-state index in [4.69, 9.17) is 18.9 Å². The molecule has 3 saturated heterocycles. The number of benzene rings is 1. The Morgan fingerprint density at radius 3 is 2.59 bits per heavy atom. The highest BCUT2D eigenvalue weighted by atomic mass is 19.1. The zero-order chi connectivity index (χ0) is 40.4. The molecule has 0 radical (unpaired) electrons. The molecule has 1 aromatic rings. The van der Waals surface area contributed by atoms with E-state index in [9.17, 15) is 28.4 Å². The summed E-state index contributed by atoms with van der Waals surface area (Å²) in [7, 11) is 0. The van der Waals surface area contributed by atoms with Crippen LogP contribution in [-0.2, 0) is 38.1 Å². The number of amides is 5. The Balaban J connectivity index is 1.22. The molecular weight excluding hydrogens is 732 g/mol. The van der Waals surface area contributed by atoms with Crippen LogP contribution in [0.25, 0.3) is 0 Å². The van der Waals surface area contributed by atoms with E-state index in [0.29, 0.717) is 32.4 Å². The second kappa shape index (κ2) is 19.9. The van der Waals surface area contributed by atoms with Gasteiger partial charge in [0.2, 0.25) is 23.6 Å². The van der Waals surface area contributed by atoms with Crippen LogP contribution in [0.15, 0.2) is 54.6 Å². The fourth-order valence-corrected chi connectivity index (χ4v) is 7.27. The number of anilines is 2. The van der Waals surface area contributed by atoms with E-state index in [2.05, 4.69) is 22.5 Å². The van der Waals surface area contributed by atoms with Crippen molar-refractivity contribution in [1.29, 1.82) is 0 Å². The smallest absolute Gasteiger partial charge is 0.412 e. The molecule has 1 aromatic carbocycles. The molecule has 4 aliphatic rings. The minimum absolute atomic E-state index is 0.0596. The summed E-state index contributed by atoms with van der Waals surface area (Å²) in [5.74, 6) is -4.33. The molecule has 4 unspecified atom stereocenters. The van der Waals surface area contributed by atoms with E-state index < -0.39 is 66.1 Å². The average molecular weight is 786 g/mol. The van der Waals surface area contributed by atoms with Crippen LogP contribution in [-0.4, -0.2) is 96.5 Å². The highest BCUT2D eigenvalue weighted by molar-refractivity contribution is 5.98. The summed E-state index contributed by atoms with van der Waals surface area (Å²) in [6.07, 6.45) is 5.95. The molecule has 3 fully saturated rings. The lowest BCUT2D eigenvalue weighted by Gasteiger charge is -2.40. The molecule has 0 bridgehead atoms. The van der Waals surface area contributed by atoms with E-state index in [0.717, 1.165) is 25.0 Å². The number of ether oxygens (including phenoxy) is 4. The number of carbonyl (C=O) groups is 5. The van der Waals surface area contributed by atoms with Gasteiger partial charge in [0.25, 0.3) is 0 Å². The van der Waals surface area contributed by atoms with E-state index in [-0.39, 0.29) is 73.8 Å². The van der Waals surface area contributed by atoms with Crippen molar-refractivity contribution in [1.82, 2.24) is 15.1 Å². The highest BCUT2D eigenvalue weighted by Crippen LogP contribution is 2.39. The Labute approximate surface area is 326 Å². The quantitative estimate of drug-likeness (QED) is 0.141. The number of rotatable bonds is 16. The van der Waals surface area contributed by atoms with Crippen LogP contribution in [0.5, 0.6) is 0 Å². The molecule has 14 nitrogen and oxygen atoms in total. The molecule has 5 rings (SSSR count). The lowest BCUT2D eigenvalue weighted by atomic mass is 9.91. The molecule has 16 heteroatoms. The van der Waals surface area contributed by atoms with Gasteiger partial charge in [0.15, 0.2) is 24.1 Å². The van der Waals surface area contributed by atoms with Crippen LogP contribution >= 0.6 is 0 Å². The largest absolute Gasteiger partial charge is 0.491 e. The van der Waals surface area contributed by atoms with Crippen molar-refractivity contribution >= 4 is 41.1 Å². The SMILES string of the molecule is C=CCOC(=O)N1C2C=C(OCCCC(=O)Nc3ccc(F)c(NC(=O)[C@H](CC)NC(=O)CC(C)C)c3)C(F)=CC2C(=O)N2CCC[C@H]2C1OC1CCCCO1. The van der Waals surface area contributed by atoms with Gasteiger partial charge in [-0.3, -0.25) is 24.1 Å². The number of carbonyl (C=O) groups excluding carboxylic acids is 5. The molecule has 306 valence electrons. The first kappa shape index (κ1) is 42.3. The second-order valence-electron chi connectivity index (χ2n) is 14.7. The Bertz CT molecular complexity index is 1680. The monoisotopic (exact) mass is 785 g/mol. The minimum atomic E-state index is -1.06. The van der Waals surface area contributed by atoms with Crippen LogP contribution in [0.1, 0.15) is 78.6 Å². The summed E-state index contributed by atoms with van der Waals surface area (Å²) in [6.45, 7) is 9.86. The lowest BCUT2D eigenvalue weighted by molar-refractivity contribution is -0.227. The van der Waals surface area contributed by atoms with Crippen molar-refractivity contribution in [3.8, 4) is 0 Å². The first-order chi connectivity index (χ1) is 26.9. The third kappa shape index (κ3) is 10.7. The third-order valence-corrected chi connectivity index (χ3v) is 9.98. The van der Waals surface area contributed by atoms with Crippen molar-refractivity contribution in [3.05, 3.63) is 60.4 Å². The van der Waals surface area contributed by atoms with Gasteiger partial charge in [0.05, 0.1) is 30.3 Å². The van der Waals surface area contributed by atoms with Gasteiger partial charge in [0, 0.05) is 31.7 Å². The van der Waals surface area contributed by atoms with Gasteiger partial charge in [-0.2, -0.15) is 0 Å². The number of hydrogen-bond donors (Lipinski definition) is 3. The fraction of sp³-hybridized carbons (Fsp3) is 0.575. The number of nitrogens with one attached hydrogen (secondary N) is 3. The molecule has 0 spiro atoms. The molecular formula is C40H53F2N5O9. The first-order valence-corrected chi connectivity index (χ1v) is 19.5. The normalized spacial score (nSPS) is 23.8. The van der Waals surface area contributed by atoms with Crippen molar-refractivity contribution in [3.63, 3.8) is 0 Å². The molecule has 5 amide bonds. The summed E-state index contributed by atoms with van der Waals surface area (Å²) in [6, 6.07) is 1.34. The molecule has 56 heavy (non-hydrogen) atoms. The summed E-state index contributed by atoms with van der Waals surface area (Å²) in [4.78, 5) is 68.5. The Morgan fingerprint density at radius 1 is 1.07 bits per heavy atom. The number of nitrogens with zero attached hydrogens (tertiary/aromatic N) is 2. The highest BCUT2D eigenvalue weighted by Gasteiger charge is 2.53. The molecule has 1 aliphatic carbocycles. The molecule has 0 aromatic heterocycles. The van der Waals surface area contributed by atoms with Crippen LogP contribution < -0.4 is 16.0 Å². The van der Waals surface area contributed by atoms with Crippen LogP contribution in [0.3, 0.4) is 0 Å². The van der Waals surface area contributed by atoms with Crippen molar-refractivity contribution in [2.45, 2.75) is 109 Å². The van der Waals surface area contributed by atoms with Gasteiger partial charge < -0.3 is 39.8 Å². The maximum absolute atomic E-state index is 15.6. The van der Waals surface area contributed by atoms with Crippen molar-refractivity contribution in [2.75, 3.05) is 37.0 Å². The van der Waals surface area contributed by atoms with E-state index in [1.165, 1.54) is 29.2 Å². The lowest BCUT2D eigenvalue weighted by Crippen LogP contribution is -2.56. The van der Waals surface area contributed by atoms with Crippen LogP contribution in [0.2, 0.25) is 0 Å². The van der Waals surface area contributed by atoms with E-state index >= 15 is 4.39 Å². The van der Waals surface area contributed by atoms with Gasteiger partial charge in [-0.1, -0.05) is 33.4 Å². The fourth-order valence-electron chi connectivity index (χ4n) is 7.27. The van der Waals surface area contributed by atoms with Gasteiger partial charge in [-0.25, -0.2) is 13.6 Å². The van der Waals surface area contributed by atoms with Crippen molar-refractivity contribution < 1.29 is 51.7 Å². The molecule has 0 saturated carbocycles. The van der Waals surface area contributed by atoms with Gasteiger partial charge >= 0.3 is 6.09 Å². The Kier molecular flexibility index (Phi) is 15.0. The molecule has 3 heterocycles. The number of fused-ring (bicyclic) bond motifs is 2. The summed E-state index contributed by atoms with van der Waals surface area (Å²) in [5.41, 5.74) is 0.0492. The number of hydrogen-bond acceptors (Lipinski definition) is 9. The van der Waals surface area contributed by atoms with Crippen LogP contribution in [0.4, 0.5) is 25.0 Å². The predicted molar refractivity (Wildman–Crippen MR) is 202 cm³/mol. The molecule has 3 aliphatic heterocycles. The Morgan fingerprint density at radius 2 is 1.88 bits per heavy atom. The molecule has 3 N–H and O–H groups in total. The maximum atomic E-state index is 15.6. The topological polar surface area (TPSA) is 165 Å². The third-order valence-electron chi connectivity index (χ3n) is 9.98. The summed E-state index contributed by atoms with van der Waals surface area (Å²) < 4.78 is 53.8. The zero-order valence-electron chi connectivity index (χ0n) is 32.2. The van der Waals surface area contributed by atoms with E-state index in [1.807, 2.05) is 13.8 Å². The number of halogens is 2. The summed E-state index contributed by atoms with van der Waals surface area (Å²) >= 11 is 0. The average Bonchev–Trinajstić information content (AvgIpc) is 3.63. The predicted octanol–water partition coefficient (Wildman–Crippen LogP) is 5.67. The standard InChI is InChI=1S/C40H53F2N5O9/c1-5-17-55-40(52)47-32-23-33(28(42)22-26(32)38(51)46-16-9-11-31(46)39(47)56-36-13-7-8-18-54-36)53-19-10-12-34(48)43-25-14-15-27(41)30(21-25)45-37(50)29(6-2)44-35(49)20-24(3)4/h5,14-15,21-24,26,29,31-32,36,39H,1,6-13,16-20H2,2-4H3,(H,43,48)(H,44,49)(H,45,50)/t26?,29-,31-,32?,36?,39?/m0/s1.